The average molecular weight is 294 g/mol. The predicted molar refractivity (Wildman–Crippen MR) is 78.4 cm³/mol. The molecule has 0 spiro atoms. The number of amides is 1. The van der Waals surface area contributed by atoms with Crippen LogP contribution in [0.5, 0.6) is 0 Å². The quantitative estimate of drug-likeness (QED) is 0.329. The maximum absolute atomic E-state index is 12.3. The monoisotopic (exact) mass is 294 g/mol. The van der Waals surface area contributed by atoms with E-state index in [4.69, 9.17) is 15.4 Å². The largest absolute Gasteiger partial charge is 0.456 e. The number of nitrogens with two attached hydrogens (primary N) is 1. The van der Waals surface area contributed by atoms with E-state index >= 15 is 0 Å². The molecule has 0 bridgehead atoms. The van der Waals surface area contributed by atoms with Gasteiger partial charge in [0.15, 0.2) is 11.6 Å². The average Bonchev–Trinajstić information content (AvgIpc) is 2.98. The Bertz CT molecular complexity index is 530. The summed E-state index contributed by atoms with van der Waals surface area (Å²) < 4.78 is 5.45. The molecular formula is C14H22N4O3. The molecule has 1 aromatic rings. The van der Waals surface area contributed by atoms with E-state index in [1.807, 2.05) is 14.0 Å². The van der Waals surface area contributed by atoms with Gasteiger partial charge in [0.1, 0.15) is 11.3 Å². The summed E-state index contributed by atoms with van der Waals surface area (Å²) >= 11 is 0. The second kappa shape index (κ2) is 6.17. The number of rotatable bonds is 4. The van der Waals surface area contributed by atoms with Crippen LogP contribution in [0.3, 0.4) is 0 Å². The van der Waals surface area contributed by atoms with Gasteiger partial charge in [-0.1, -0.05) is 12.1 Å². The Kier molecular flexibility index (Phi) is 4.52. The van der Waals surface area contributed by atoms with Crippen molar-refractivity contribution in [1.29, 1.82) is 0 Å². The smallest absolute Gasteiger partial charge is 0.287 e. The summed E-state index contributed by atoms with van der Waals surface area (Å²) in [5.74, 6) is 0.689. The van der Waals surface area contributed by atoms with E-state index in [-0.39, 0.29) is 17.5 Å². The van der Waals surface area contributed by atoms with Crippen LogP contribution < -0.4 is 11.1 Å². The molecule has 2 heterocycles. The molecule has 0 aromatic carbocycles. The lowest BCUT2D eigenvalue weighted by atomic mass is 9.86. The zero-order valence-electron chi connectivity index (χ0n) is 12.4. The zero-order chi connectivity index (χ0) is 15.5. The zero-order valence-corrected chi connectivity index (χ0v) is 12.4. The standard InChI is InChI=1S/C14H22N4O3/c1-3-10-4-5-11(21-10)12(19)16-14(13(15)17-20)6-8-18(2)9-7-14/h4-5,20H,3,6-9H2,1-2H3,(H2,15,17)(H,16,19). The van der Waals surface area contributed by atoms with Crippen molar-refractivity contribution < 1.29 is 14.4 Å². The van der Waals surface area contributed by atoms with Crippen LogP contribution in [0, 0.1) is 0 Å². The number of piperidine rings is 1. The number of furan rings is 1. The number of aryl methyl sites for hydroxylation is 1. The highest BCUT2D eigenvalue weighted by atomic mass is 16.4. The molecule has 1 fully saturated rings. The minimum Gasteiger partial charge on any atom is -0.456 e. The summed E-state index contributed by atoms with van der Waals surface area (Å²) in [7, 11) is 2.00. The number of hydrogen-bond donors (Lipinski definition) is 3. The summed E-state index contributed by atoms with van der Waals surface area (Å²) in [6.07, 6.45) is 1.91. The van der Waals surface area contributed by atoms with Crippen molar-refractivity contribution >= 4 is 11.7 Å². The SMILES string of the molecule is CCc1ccc(C(=O)NC2(C(N)=NO)CCN(C)CC2)o1. The number of carbonyl (C=O) groups excluding carboxylic acids is 1. The normalized spacial score (nSPS) is 19.4. The highest BCUT2D eigenvalue weighted by Gasteiger charge is 2.40. The van der Waals surface area contributed by atoms with Crippen LogP contribution >= 0.6 is 0 Å². The fourth-order valence-corrected chi connectivity index (χ4v) is 2.51. The topological polar surface area (TPSA) is 104 Å². The molecule has 2 rings (SSSR count). The van der Waals surface area contributed by atoms with E-state index in [0.717, 1.165) is 25.3 Å². The molecular weight excluding hydrogens is 272 g/mol. The third-order valence-electron chi connectivity index (χ3n) is 4.03. The van der Waals surface area contributed by atoms with Gasteiger partial charge in [-0.05, 0) is 32.0 Å². The van der Waals surface area contributed by atoms with Crippen LogP contribution in [0.2, 0.25) is 0 Å². The third-order valence-corrected chi connectivity index (χ3v) is 4.03. The van der Waals surface area contributed by atoms with Crippen molar-refractivity contribution in [3.8, 4) is 0 Å². The molecule has 21 heavy (non-hydrogen) atoms. The number of nitrogens with zero attached hydrogens (tertiary/aromatic N) is 2. The summed E-state index contributed by atoms with van der Waals surface area (Å²) in [5.41, 5.74) is 5.00. The molecule has 1 amide bonds. The Morgan fingerprint density at radius 1 is 1.52 bits per heavy atom. The second-order valence-corrected chi connectivity index (χ2v) is 5.44. The molecule has 0 saturated carbocycles. The first-order valence-corrected chi connectivity index (χ1v) is 7.08. The lowest BCUT2D eigenvalue weighted by Gasteiger charge is -2.39. The minimum absolute atomic E-state index is 0.0335. The van der Waals surface area contributed by atoms with E-state index in [9.17, 15) is 4.79 Å². The first-order chi connectivity index (χ1) is 10.0. The molecule has 0 aliphatic carbocycles. The molecule has 4 N–H and O–H groups in total. The Morgan fingerprint density at radius 3 is 2.71 bits per heavy atom. The summed E-state index contributed by atoms with van der Waals surface area (Å²) in [5, 5.41) is 15.0. The lowest BCUT2D eigenvalue weighted by Crippen LogP contribution is -2.62. The van der Waals surface area contributed by atoms with E-state index < -0.39 is 5.54 Å². The fraction of sp³-hybridized carbons (Fsp3) is 0.571. The van der Waals surface area contributed by atoms with Crippen molar-refractivity contribution in [2.24, 2.45) is 10.9 Å². The van der Waals surface area contributed by atoms with Gasteiger partial charge in [0.25, 0.3) is 5.91 Å². The van der Waals surface area contributed by atoms with Crippen LogP contribution in [-0.2, 0) is 6.42 Å². The van der Waals surface area contributed by atoms with Crippen LogP contribution in [0.15, 0.2) is 21.7 Å². The molecule has 0 atom stereocenters. The van der Waals surface area contributed by atoms with Gasteiger partial charge in [0.05, 0.1) is 0 Å². The number of oxime groups is 1. The molecule has 0 unspecified atom stereocenters. The molecule has 7 nitrogen and oxygen atoms in total. The maximum atomic E-state index is 12.3. The van der Waals surface area contributed by atoms with Crippen molar-refractivity contribution in [2.75, 3.05) is 20.1 Å². The van der Waals surface area contributed by atoms with Crippen LogP contribution in [0.4, 0.5) is 0 Å². The first kappa shape index (κ1) is 15.4. The second-order valence-electron chi connectivity index (χ2n) is 5.44. The number of carbonyl (C=O) groups is 1. The van der Waals surface area contributed by atoms with Gasteiger partial charge in [-0.2, -0.15) is 0 Å². The predicted octanol–water partition coefficient (Wildman–Crippen LogP) is 0.783. The molecule has 1 aromatic heterocycles. The van der Waals surface area contributed by atoms with E-state index in [1.165, 1.54) is 0 Å². The maximum Gasteiger partial charge on any atom is 0.287 e. The number of hydrogen-bond acceptors (Lipinski definition) is 5. The van der Waals surface area contributed by atoms with Gasteiger partial charge in [-0.25, -0.2) is 0 Å². The molecule has 0 radical (unpaired) electrons. The van der Waals surface area contributed by atoms with Crippen molar-refractivity contribution in [2.45, 2.75) is 31.7 Å². The van der Waals surface area contributed by atoms with Gasteiger partial charge in [0, 0.05) is 19.5 Å². The highest BCUT2D eigenvalue weighted by molar-refractivity contribution is 5.98. The lowest BCUT2D eigenvalue weighted by molar-refractivity contribution is 0.0856. The summed E-state index contributed by atoms with van der Waals surface area (Å²) in [6.45, 7) is 3.47. The highest BCUT2D eigenvalue weighted by Crippen LogP contribution is 2.23. The summed E-state index contributed by atoms with van der Waals surface area (Å²) in [6, 6.07) is 3.42. The van der Waals surface area contributed by atoms with Gasteiger partial charge >= 0.3 is 0 Å². The molecule has 1 aliphatic rings. The number of nitrogens with one attached hydrogen (secondary N) is 1. The van der Waals surface area contributed by atoms with Gasteiger partial charge in [0.2, 0.25) is 0 Å². The fourth-order valence-electron chi connectivity index (χ4n) is 2.51. The van der Waals surface area contributed by atoms with Crippen LogP contribution in [0.25, 0.3) is 0 Å². The van der Waals surface area contributed by atoms with Crippen LogP contribution in [0.1, 0.15) is 36.1 Å². The van der Waals surface area contributed by atoms with E-state index in [1.54, 1.807) is 12.1 Å². The minimum atomic E-state index is -0.822. The number of likely N-dealkylation sites (tertiary alicyclic amines) is 1. The Balaban J connectivity index is 2.17. The third kappa shape index (κ3) is 3.18. The molecule has 116 valence electrons. The van der Waals surface area contributed by atoms with Crippen molar-refractivity contribution in [1.82, 2.24) is 10.2 Å². The van der Waals surface area contributed by atoms with Gasteiger partial charge in [-0.3, -0.25) is 4.79 Å². The number of amidine groups is 1. The van der Waals surface area contributed by atoms with E-state index in [2.05, 4.69) is 15.4 Å². The first-order valence-electron chi connectivity index (χ1n) is 7.08. The van der Waals surface area contributed by atoms with Gasteiger partial charge in [-0.15, -0.1) is 0 Å². The summed E-state index contributed by atoms with van der Waals surface area (Å²) in [4.78, 5) is 14.5. The molecule has 7 heteroatoms. The molecule has 1 saturated heterocycles. The molecule has 1 aliphatic heterocycles. The van der Waals surface area contributed by atoms with Crippen molar-refractivity contribution in [3.63, 3.8) is 0 Å². The Morgan fingerprint density at radius 2 is 2.19 bits per heavy atom. The van der Waals surface area contributed by atoms with Gasteiger partial charge < -0.3 is 25.6 Å². The Labute approximate surface area is 123 Å². The van der Waals surface area contributed by atoms with Crippen LogP contribution in [-0.4, -0.2) is 47.5 Å². The van der Waals surface area contributed by atoms with E-state index in [0.29, 0.717) is 12.8 Å². The van der Waals surface area contributed by atoms with Crippen molar-refractivity contribution in [3.05, 3.63) is 23.7 Å². The Hall–Kier alpha value is -2.02.